The second kappa shape index (κ2) is 7.68. The molecule has 2 aromatic carbocycles. The molecule has 0 amide bonds. The minimum atomic E-state index is -0.712. The highest BCUT2D eigenvalue weighted by Gasteiger charge is 2.46. The van der Waals surface area contributed by atoms with Crippen molar-refractivity contribution < 1.29 is 14.6 Å². The summed E-state index contributed by atoms with van der Waals surface area (Å²) in [4.78, 5) is 13.0. The standard InChI is InChI=1S/C21H23NO3.ClH/c23-20(24)8-9-22-14-21(15-22)11-17-6-7-19(10-18(17)12-21)25-13-16-4-2-1-3-5-16;/h1-7,10H,8-9,11-15H2,(H,23,24);1H. The number of carbonyl (C=O) groups is 1. The number of fused-ring (bicyclic) bond motifs is 1. The zero-order valence-corrected chi connectivity index (χ0v) is 15.5. The first-order valence-corrected chi connectivity index (χ1v) is 8.85. The van der Waals surface area contributed by atoms with Crippen LogP contribution in [0.2, 0.25) is 0 Å². The largest absolute Gasteiger partial charge is 0.489 e. The lowest BCUT2D eigenvalue weighted by Gasteiger charge is -2.48. The van der Waals surface area contributed by atoms with Crippen LogP contribution in [0.25, 0.3) is 0 Å². The highest BCUT2D eigenvalue weighted by Crippen LogP contribution is 2.44. The Bertz CT molecular complexity index is 772. The smallest absolute Gasteiger partial charge is 0.304 e. The molecule has 26 heavy (non-hydrogen) atoms. The van der Waals surface area contributed by atoms with E-state index in [0.717, 1.165) is 31.7 Å². The summed E-state index contributed by atoms with van der Waals surface area (Å²) in [6, 6.07) is 16.7. The molecule has 0 radical (unpaired) electrons. The first-order chi connectivity index (χ1) is 12.1. The molecule has 1 N–H and O–H groups in total. The van der Waals surface area contributed by atoms with Crippen LogP contribution < -0.4 is 4.74 Å². The Morgan fingerprint density at radius 2 is 1.81 bits per heavy atom. The van der Waals surface area contributed by atoms with Gasteiger partial charge in [0.25, 0.3) is 0 Å². The van der Waals surface area contributed by atoms with Crippen molar-refractivity contribution in [2.45, 2.75) is 25.9 Å². The lowest BCUT2D eigenvalue weighted by Crippen LogP contribution is -2.57. The predicted molar refractivity (Wildman–Crippen MR) is 103 cm³/mol. The Balaban J connectivity index is 0.00000196. The Labute approximate surface area is 160 Å². The average molecular weight is 374 g/mol. The molecule has 0 bridgehead atoms. The molecule has 1 saturated heterocycles. The van der Waals surface area contributed by atoms with E-state index in [1.807, 2.05) is 18.2 Å². The number of hydrogen-bond donors (Lipinski definition) is 1. The summed E-state index contributed by atoms with van der Waals surface area (Å²) in [5.74, 6) is 0.220. The first kappa shape index (κ1) is 18.7. The maximum absolute atomic E-state index is 10.7. The molecular weight excluding hydrogens is 350 g/mol. The van der Waals surface area contributed by atoms with Gasteiger partial charge in [-0.2, -0.15) is 0 Å². The van der Waals surface area contributed by atoms with E-state index < -0.39 is 5.97 Å². The van der Waals surface area contributed by atoms with Crippen molar-refractivity contribution in [2.24, 2.45) is 5.41 Å². The van der Waals surface area contributed by atoms with Crippen molar-refractivity contribution in [2.75, 3.05) is 19.6 Å². The first-order valence-electron chi connectivity index (χ1n) is 8.85. The molecule has 0 atom stereocenters. The van der Waals surface area contributed by atoms with Crippen LogP contribution >= 0.6 is 12.4 Å². The molecule has 1 heterocycles. The number of halogens is 1. The highest BCUT2D eigenvalue weighted by atomic mass is 35.5. The van der Waals surface area contributed by atoms with Gasteiger partial charge in [-0.3, -0.25) is 4.79 Å². The SMILES string of the molecule is Cl.O=C(O)CCN1CC2(Cc3ccc(OCc4ccccc4)cc3C2)C1. The number of rotatable bonds is 6. The zero-order chi connectivity index (χ0) is 17.3. The van der Waals surface area contributed by atoms with E-state index in [1.54, 1.807) is 0 Å². The van der Waals surface area contributed by atoms with Crippen molar-refractivity contribution >= 4 is 18.4 Å². The van der Waals surface area contributed by atoms with Crippen molar-refractivity contribution in [3.8, 4) is 5.75 Å². The van der Waals surface area contributed by atoms with E-state index in [-0.39, 0.29) is 18.8 Å². The topological polar surface area (TPSA) is 49.8 Å². The molecule has 2 aromatic rings. The fourth-order valence-corrected chi connectivity index (χ4v) is 4.18. The van der Waals surface area contributed by atoms with Gasteiger partial charge < -0.3 is 14.7 Å². The van der Waals surface area contributed by atoms with Crippen molar-refractivity contribution in [1.29, 1.82) is 0 Å². The summed E-state index contributed by atoms with van der Waals surface area (Å²) in [6.45, 7) is 3.27. The van der Waals surface area contributed by atoms with E-state index in [1.165, 1.54) is 16.7 Å². The monoisotopic (exact) mass is 373 g/mol. The lowest BCUT2D eigenvalue weighted by molar-refractivity contribution is -0.138. The van der Waals surface area contributed by atoms with Crippen molar-refractivity contribution in [1.82, 2.24) is 4.90 Å². The van der Waals surface area contributed by atoms with Gasteiger partial charge in [0.1, 0.15) is 12.4 Å². The van der Waals surface area contributed by atoms with Crippen LogP contribution in [0.15, 0.2) is 48.5 Å². The average Bonchev–Trinajstić information content (AvgIpc) is 2.97. The van der Waals surface area contributed by atoms with Crippen LogP contribution in [-0.4, -0.2) is 35.6 Å². The maximum atomic E-state index is 10.7. The van der Waals surface area contributed by atoms with Crippen molar-refractivity contribution in [3.63, 3.8) is 0 Å². The summed E-state index contributed by atoms with van der Waals surface area (Å²) in [6.07, 6.45) is 2.42. The molecule has 4 nitrogen and oxygen atoms in total. The van der Waals surface area contributed by atoms with Gasteiger partial charge in [-0.1, -0.05) is 36.4 Å². The van der Waals surface area contributed by atoms with E-state index >= 15 is 0 Å². The molecule has 1 aliphatic heterocycles. The number of carboxylic acid groups (broad SMARTS) is 1. The van der Waals surface area contributed by atoms with Gasteiger partial charge in [0.05, 0.1) is 6.42 Å². The van der Waals surface area contributed by atoms with Gasteiger partial charge in [-0.15, -0.1) is 12.4 Å². The van der Waals surface area contributed by atoms with Crippen LogP contribution in [0.5, 0.6) is 5.75 Å². The van der Waals surface area contributed by atoms with Crippen LogP contribution in [0, 0.1) is 5.41 Å². The van der Waals surface area contributed by atoms with E-state index in [4.69, 9.17) is 9.84 Å². The minimum absolute atomic E-state index is 0. The second-order valence-electron chi connectivity index (χ2n) is 7.41. The number of benzene rings is 2. The van der Waals surface area contributed by atoms with Gasteiger partial charge >= 0.3 is 5.97 Å². The predicted octanol–water partition coefficient (Wildman–Crippen LogP) is 3.56. The molecule has 0 unspecified atom stereocenters. The molecule has 1 aliphatic carbocycles. The molecule has 0 aromatic heterocycles. The number of carboxylic acids is 1. The summed E-state index contributed by atoms with van der Waals surface area (Å²) >= 11 is 0. The van der Waals surface area contributed by atoms with E-state index in [2.05, 4.69) is 35.2 Å². The Kier molecular flexibility index (Phi) is 5.54. The Morgan fingerprint density at radius 1 is 1.08 bits per heavy atom. The molecular formula is C21H24ClNO3. The van der Waals surface area contributed by atoms with Crippen molar-refractivity contribution in [3.05, 3.63) is 65.2 Å². The highest BCUT2D eigenvalue weighted by molar-refractivity contribution is 5.85. The summed E-state index contributed by atoms with van der Waals surface area (Å²) in [7, 11) is 0. The normalized spacial score (nSPS) is 17.2. The molecule has 1 fully saturated rings. The third-order valence-electron chi connectivity index (χ3n) is 5.32. The number of ether oxygens (including phenoxy) is 1. The van der Waals surface area contributed by atoms with Gasteiger partial charge in [0.2, 0.25) is 0 Å². The third-order valence-corrected chi connectivity index (χ3v) is 5.32. The molecule has 0 saturated carbocycles. The molecule has 138 valence electrons. The van der Waals surface area contributed by atoms with Crippen LogP contribution in [-0.2, 0) is 24.2 Å². The van der Waals surface area contributed by atoms with Gasteiger partial charge in [-0.05, 0) is 41.7 Å². The fourth-order valence-electron chi connectivity index (χ4n) is 4.18. The zero-order valence-electron chi connectivity index (χ0n) is 14.7. The number of likely N-dealkylation sites (tertiary alicyclic amines) is 1. The Morgan fingerprint density at radius 3 is 2.54 bits per heavy atom. The summed E-state index contributed by atoms with van der Waals surface area (Å²) < 4.78 is 5.95. The number of nitrogens with zero attached hydrogens (tertiary/aromatic N) is 1. The third kappa shape index (κ3) is 4.02. The van der Waals surface area contributed by atoms with Gasteiger partial charge in [0, 0.05) is 25.0 Å². The van der Waals surface area contributed by atoms with E-state index in [9.17, 15) is 4.79 Å². The summed E-state index contributed by atoms with van der Waals surface area (Å²) in [5.41, 5.74) is 4.31. The number of aliphatic carboxylic acids is 1. The maximum Gasteiger partial charge on any atom is 0.304 e. The molecule has 2 aliphatic rings. The fraction of sp³-hybridized carbons (Fsp3) is 0.381. The molecule has 5 heteroatoms. The summed E-state index contributed by atoms with van der Waals surface area (Å²) in [5, 5.41) is 8.80. The quantitative estimate of drug-likeness (QED) is 0.841. The van der Waals surface area contributed by atoms with Gasteiger partial charge in [0.15, 0.2) is 0 Å². The number of hydrogen-bond acceptors (Lipinski definition) is 3. The van der Waals surface area contributed by atoms with Crippen LogP contribution in [0.3, 0.4) is 0 Å². The second-order valence-corrected chi connectivity index (χ2v) is 7.41. The molecule has 1 spiro atoms. The van der Waals surface area contributed by atoms with Gasteiger partial charge in [-0.25, -0.2) is 0 Å². The van der Waals surface area contributed by atoms with Crippen LogP contribution in [0.1, 0.15) is 23.1 Å². The van der Waals surface area contributed by atoms with Crippen LogP contribution in [0.4, 0.5) is 0 Å². The molecule has 4 rings (SSSR count). The minimum Gasteiger partial charge on any atom is -0.489 e. The Hall–Kier alpha value is -2.04. The van der Waals surface area contributed by atoms with E-state index in [0.29, 0.717) is 18.6 Å². The lowest BCUT2D eigenvalue weighted by atomic mass is 9.77.